The van der Waals surface area contributed by atoms with Gasteiger partial charge in [-0.05, 0) is 29.8 Å². The van der Waals surface area contributed by atoms with Crippen LogP contribution in [0, 0.1) is 11.8 Å². The van der Waals surface area contributed by atoms with E-state index in [1.807, 2.05) is 42.5 Å². The van der Waals surface area contributed by atoms with Crippen LogP contribution >= 0.6 is 0 Å². The van der Waals surface area contributed by atoms with E-state index in [4.69, 9.17) is 5.11 Å². The molecule has 21 heavy (non-hydrogen) atoms. The number of nitrogens with one attached hydrogen (secondary N) is 1. The molecule has 0 atom stereocenters. The Labute approximate surface area is 124 Å². The Bertz CT molecular complexity index is 636. The molecule has 0 aromatic heterocycles. The lowest BCUT2D eigenvalue weighted by atomic mass is 10.1. The Morgan fingerprint density at radius 1 is 1.05 bits per heavy atom. The van der Waals surface area contributed by atoms with Gasteiger partial charge in [0.05, 0.1) is 6.61 Å². The van der Waals surface area contributed by atoms with Gasteiger partial charge < -0.3 is 10.4 Å². The molecular weight excluding hydrogens is 262 g/mol. The van der Waals surface area contributed by atoms with Gasteiger partial charge in [0, 0.05) is 24.1 Å². The smallest absolute Gasteiger partial charge is 0.251 e. The van der Waals surface area contributed by atoms with Gasteiger partial charge in [0.1, 0.15) is 0 Å². The van der Waals surface area contributed by atoms with Crippen molar-refractivity contribution in [2.75, 3.05) is 6.61 Å². The second-order valence-electron chi connectivity index (χ2n) is 4.52. The molecule has 0 aliphatic rings. The highest BCUT2D eigenvalue weighted by molar-refractivity contribution is 5.94. The summed E-state index contributed by atoms with van der Waals surface area (Å²) in [5.74, 6) is 5.76. The minimum absolute atomic E-state index is 0.0800. The topological polar surface area (TPSA) is 49.3 Å². The number of aliphatic hydroxyl groups is 1. The second kappa shape index (κ2) is 7.88. The molecule has 0 radical (unpaired) electrons. The number of rotatable bonds is 4. The van der Waals surface area contributed by atoms with E-state index in [2.05, 4.69) is 17.2 Å². The molecule has 2 N–H and O–H groups in total. The molecule has 1 amide bonds. The number of hydrogen-bond donors (Lipinski definition) is 2. The Hall–Kier alpha value is -2.57. The lowest BCUT2D eigenvalue weighted by Gasteiger charge is -2.05. The fraction of sp³-hybridized carbons (Fsp3) is 0.167. The number of carbonyl (C=O) groups excluding carboxylic acids is 1. The second-order valence-corrected chi connectivity index (χ2v) is 4.52. The lowest BCUT2D eigenvalue weighted by Crippen LogP contribution is -2.22. The highest BCUT2D eigenvalue weighted by Crippen LogP contribution is 2.04. The standard InChI is InChI=1S/C18H17NO2/c20-13-5-4-6-15-9-11-16(12-10-15)14-19-18(21)17-7-2-1-3-8-17/h1-3,7-12,20H,5,13-14H2,(H,19,21). The first kappa shape index (κ1) is 14.8. The SMILES string of the molecule is O=C(NCc1ccc(C#CCCO)cc1)c1ccccc1. The van der Waals surface area contributed by atoms with E-state index >= 15 is 0 Å². The first-order valence-corrected chi connectivity index (χ1v) is 6.81. The number of amides is 1. The molecule has 0 heterocycles. The number of carbonyl (C=O) groups is 1. The molecule has 2 aromatic carbocycles. The fourth-order valence-corrected chi connectivity index (χ4v) is 1.80. The van der Waals surface area contributed by atoms with Gasteiger partial charge in [-0.1, -0.05) is 42.2 Å². The zero-order valence-electron chi connectivity index (χ0n) is 11.7. The van der Waals surface area contributed by atoms with Crippen LogP contribution in [0.25, 0.3) is 0 Å². The molecule has 0 aliphatic carbocycles. The van der Waals surface area contributed by atoms with E-state index in [0.29, 0.717) is 18.5 Å². The average Bonchev–Trinajstić information content (AvgIpc) is 2.55. The quantitative estimate of drug-likeness (QED) is 0.844. The number of benzene rings is 2. The maximum Gasteiger partial charge on any atom is 0.251 e. The Morgan fingerprint density at radius 2 is 1.76 bits per heavy atom. The van der Waals surface area contributed by atoms with Crippen molar-refractivity contribution in [3.63, 3.8) is 0 Å². The molecule has 3 heteroatoms. The van der Waals surface area contributed by atoms with Crippen LogP contribution in [0.5, 0.6) is 0 Å². The predicted molar refractivity (Wildman–Crippen MR) is 82.6 cm³/mol. The summed E-state index contributed by atoms with van der Waals surface area (Å²) in [7, 11) is 0. The van der Waals surface area contributed by atoms with Gasteiger partial charge in [-0.2, -0.15) is 0 Å². The molecular formula is C18H17NO2. The molecule has 0 saturated carbocycles. The summed E-state index contributed by atoms with van der Waals surface area (Å²) in [6.45, 7) is 0.564. The van der Waals surface area contributed by atoms with Crippen molar-refractivity contribution in [2.45, 2.75) is 13.0 Å². The normalized spacial score (nSPS) is 9.57. The summed E-state index contributed by atoms with van der Waals surface area (Å²) in [6, 6.07) is 16.8. The minimum atomic E-state index is -0.0811. The molecule has 0 aliphatic heterocycles. The Morgan fingerprint density at radius 3 is 2.43 bits per heavy atom. The molecule has 2 aromatic rings. The van der Waals surface area contributed by atoms with Crippen LogP contribution in [0.2, 0.25) is 0 Å². The molecule has 0 unspecified atom stereocenters. The van der Waals surface area contributed by atoms with Gasteiger partial charge in [0.15, 0.2) is 0 Å². The molecule has 106 valence electrons. The summed E-state index contributed by atoms with van der Waals surface area (Å²) in [5.41, 5.74) is 2.58. The monoisotopic (exact) mass is 279 g/mol. The molecule has 0 spiro atoms. The first-order chi connectivity index (χ1) is 10.3. The van der Waals surface area contributed by atoms with Crippen LogP contribution < -0.4 is 5.32 Å². The zero-order chi connectivity index (χ0) is 14.9. The van der Waals surface area contributed by atoms with Crippen LogP contribution in [0.4, 0.5) is 0 Å². The lowest BCUT2D eigenvalue weighted by molar-refractivity contribution is 0.0951. The summed E-state index contributed by atoms with van der Waals surface area (Å²) >= 11 is 0. The molecule has 0 bridgehead atoms. The van der Waals surface area contributed by atoms with Gasteiger partial charge >= 0.3 is 0 Å². The van der Waals surface area contributed by atoms with Crippen molar-refractivity contribution >= 4 is 5.91 Å². The summed E-state index contributed by atoms with van der Waals surface area (Å²) in [6.07, 6.45) is 0.481. The van der Waals surface area contributed by atoms with E-state index in [1.165, 1.54) is 0 Å². The van der Waals surface area contributed by atoms with E-state index < -0.39 is 0 Å². The van der Waals surface area contributed by atoms with Gasteiger partial charge in [0.25, 0.3) is 5.91 Å². The zero-order valence-corrected chi connectivity index (χ0v) is 11.7. The largest absolute Gasteiger partial charge is 0.395 e. The van der Waals surface area contributed by atoms with E-state index in [-0.39, 0.29) is 12.5 Å². The Balaban J connectivity index is 1.90. The van der Waals surface area contributed by atoms with Crippen molar-refractivity contribution in [1.82, 2.24) is 5.32 Å². The summed E-state index contributed by atoms with van der Waals surface area (Å²) in [4.78, 5) is 11.9. The van der Waals surface area contributed by atoms with E-state index in [0.717, 1.165) is 11.1 Å². The van der Waals surface area contributed by atoms with Crippen molar-refractivity contribution in [3.05, 3.63) is 71.3 Å². The number of hydrogen-bond acceptors (Lipinski definition) is 2. The van der Waals surface area contributed by atoms with Crippen molar-refractivity contribution in [1.29, 1.82) is 0 Å². The summed E-state index contributed by atoms with van der Waals surface area (Å²) < 4.78 is 0. The van der Waals surface area contributed by atoms with Crippen LogP contribution in [0.1, 0.15) is 27.9 Å². The van der Waals surface area contributed by atoms with Gasteiger partial charge in [-0.3, -0.25) is 4.79 Å². The first-order valence-electron chi connectivity index (χ1n) is 6.81. The predicted octanol–water partition coefficient (Wildman–Crippen LogP) is 2.35. The van der Waals surface area contributed by atoms with Crippen LogP contribution in [-0.2, 0) is 6.54 Å². The Kier molecular flexibility index (Phi) is 5.57. The van der Waals surface area contributed by atoms with Crippen molar-refractivity contribution in [2.24, 2.45) is 0 Å². The highest BCUT2D eigenvalue weighted by Gasteiger charge is 2.03. The summed E-state index contributed by atoms with van der Waals surface area (Å²) in [5, 5.41) is 11.5. The number of aliphatic hydroxyl groups excluding tert-OH is 1. The van der Waals surface area contributed by atoms with Gasteiger partial charge in [-0.25, -0.2) is 0 Å². The van der Waals surface area contributed by atoms with Crippen LogP contribution in [0.15, 0.2) is 54.6 Å². The van der Waals surface area contributed by atoms with Crippen LogP contribution in [-0.4, -0.2) is 17.6 Å². The highest BCUT2D eigenvalue weighted by atomic mass is 16.2. The maximum atomic E-state index is 11.9. The van der Waals surface area contributed by atoms with E-state index in [1.54, 1.807) is 12.1 Å². The average molecular weight is 279 g/mol. The third-order valence-corrected chi connectivity index (χ3v) is 2.91. The van der Waals surface area contributed by atoms with Gasteiger partial charge in [0.2, 0.25) is 0 Å². The molecule has 3 nitrogen and oxygen atoms in total. The molecule has 0 fully saturated rings. The van der Waals surface area contributed by atoms with Crippen LogP contribution in [0.3, 0.4) is 0 Å². The molecule has 0 saturated heterocycles. The fourth-order valence-electron chi connectivity index (χ4n) is 1.80. The third kappa shape index (κ3) is 4.79. The maximum absolute atomic E-state index is 11.9. The third-order valence-electron chi connectivity index (χ3n) is 2.91. The van der Waals surface area contributed by atoms with Crippen molar-refractivity contribution in [3.8, 4) is 11.8 Å². The molecule has 2 rings (SSSR count). The van der Waals surface area contributed by atoms with Gasteiger partial charge in [-0.15, -0.1) is 0 Å². The van der Waals surface area contributed by atoms with Crippen molar-refractivity contribution < 1.29 is 9.90 Å². The van der Waals surface area contributed by atoms with E-state index in [9.17, 15) is 4.79 Å². The minimum Gasteiger partial charge on any atom is -0.395 e.